The molecule has 1 N–H and O–H groups in total. The molecule has 294 valence electrons. The molecule has 0 aliphatic heterocycles. The second-order valence-corrected chi connectivity index (χ2v) is 14.0. The van der Waals surface area contributed by atoms with E-state index in [1.165, 1.54) is 103 Å². The minimum absolute atomic E-state index is 0.0656. The maximum atomic E-state index is 12.1. The summed E-state index contributed by atoms with van der Waals surface area (Å²) in [4.78, 5) is 24.0. The predicted molar refractivity (Wildman–Crippen MR) is 219 cm³/mol. The molecule has 0 heterocycles. The molecule has 0 rings (SSSR count). The van der Waals surface area contributed by atoms with Crippen LogP contribution in [0.15, 0.2) is 60.8 Å². The van der Waals surface area contributed by atoms with Gasteiger partial charge in [-0.05, 0) is 57.8 Å². The molecule has 0 aliphatic carbocycles. The standard InChI is InChI=1S/C46H80O5/c1-3-5-7-9-11-12-13-14-15-16-17-18-19-20-21-22-23-24-25-26-27-28-29-30-31-32-33-34-35-37-39-41-46(49)51-44(42-47)43-50-45(48)40-38-36-10-8-6-4-2/h5,7,11-12,14-15,17-18,20-21,44,47H,3-4,6,8-10,13,16,19,22-43H2,1-2H3/b7-5-,12-11-,15-14-,18-17-,21-20-. The lowest BCUT2D eigenvalue weighted by molar-refractivity contribution is -0.161. The fourth-order valence-electron chi connectivity index (χ4n) is 5.87. The summed E-state index contributed by atoms with van der Waals surface area (Å²) < 4.78 is 10.5. The van der Waals surface area contributed by atoms with Gasteiger partial charge in [-0.2, -0.15) is 0 Å². The first kappa shape index (κ1) is 48.6. The van der Waals surface area contributed by atoms with E-state index in [1.54, 1.807) is 0 Å². The first-order chi connectivity index (χ1) is 25.1. The van der Waals surface area contributed by atoms with Crippen LogP contribution in [0.2, 0.25) is 0 Å². The second kappa shape index (κ2) is 42.0. The lowest BCUT2D eigenvalue weighted by Crippen LogP contribution is -2.28. The zero-order valence-corrected chi connectivity index (χ0v) is 33.4. The summed E-state index contributed by atoms with van der Waals surface area (Å²) in [6.45, 7) is 3.96. The van der Waals surface area contributed by atoms with Crippen molar-refractivity contribution in [2.45, 2.75) is 206 Å². The van der Waals surface area contributed by atoms with E-state index in [0.717, 1.165) is 70.6 Å². The highest BCUT2D eigenvalue weighted by molar-refractivity contribution is 5.70. The van der Waals surface area contributed by atoms with Gasteiger partial charge in [-0.1, -0.05) is 190 Å². The topological polar surface area (TPSA) is 72.8 Å². The van der Waals surface area contributed by atoms with E-state index in [0.29, 0.717) is 12.8 Å². The molecular weight excluding hydrogens is 633 g/mol. The molecule has 0 aromatic carbocycles. The summed E-state index contributed by atoms with van der Waals surface area (Å²) in [5.74, 6) is -0.600. The number of aliphatic hydroxyl groups excluding tert-OH is 1. The maximum absolute atomic E-state index is 12.1. The summed E-state index contributed by atoms with van der Waals surface area (Å²) in [6.07, 6.45) is 54.8. The van der Waals surface area contributed by atoms with Gasteiger partial charge in [0.15, 0.2) is 6.10 Å². The van der Waals surface area contributed by atoms with E-state index in [2.05, 4.69) is 74.6 Å². The van der Waals surface area contributed by atoms with Crippen LogP contribution < -0.4 is 0 Å². The van der Waals surface area contributed by atoms with Crippen LogP contribution in [0.3, 0.4) is 0 Å². The summed E-state index contributed by atoms with van der Waals surface area (Å²) in [5.41, 5.74) is 0. The van der Waals surface area contributed by atoms with Gasteiger partial charge in [0, 0.05) is 12.8 Å². The van der Waals surface area contributed by atoms with E-state index in [9.17, 15) is 14.7 Å². The highest BCUT2D eigenvalue weighted by atomic mass is 16.6. The molecule has 0 amide bonds. The van der Waals surface area contributed by atoms with E-state index in [4.69, 9.17) is 9.47 Å². The van der Waals surface area contributed by atoms with E-state index >= 15 is 0 Å². The monoisotopic (exact) mass is 713 g/mol. The highest BCUT2D eigenvalue weighted by Gasteiger charge is 2.16. The first-order valence-electron chi connectivity index (χ1n) is 21.3. The summed E-state index contributed by atoms with van der Waals surface area (Å²) in [5, 5.41) is 9.50. The summed E-state index contributed by atoms with van der Waals surface area (Å²) in [6, 6.07) is 0. The third-order valence-electron chi connectivity index (χ3n) is 9.08. The molecule has 0 aromatic rings. The van der Waals surface area contributed by atoms with Gasteiger partial charge in [-0.15, -0.1) is 0 Å². The molecule has 5 heteroatoms. The number of esters is 2. The van der Waals surface area contributed by atoms with Crippen molar-refractivity contribution in [1.29, 1.82) is 0 Å². The van der Waals surface area contributed by atoms with Crippen LogP contribution >= 0.6 is 0 Å². The quantitative estimate of drug-likeness (QED) is 0.0392. The van der Waals surface area contributed by atoms with E-state index in [-0.39, 0.29) is 25.2 Å². The van der Waals surface area contributed by atoms with Crippen LogP contribution in [0.1, 0.15) is 200 Å². The number of unbranched alkanes of at least 4 members (excludes halogenated alkanes) is 20. The molecule has 0 bridgehead atoms. The SMILES string of the molecule is CC/C=C\C/C=C\C/C=C\C/C=C\C/C=C\CCCCCCCCCCCCCCCCCC(=O)OC(CO)COC(=O)CCCCCCCC. The number of hydrogen-bond acceptors (Lipinski definition) is 5. The lowest BCUT2D eigenvalue weighted by atomic mass is 10.0. The van der Waals surface area contributed by atoms with Crippen LogP contribution in [0.25, 0.3) is 0 Å². The van der Waals surface area contributed by atoms with Crippen molar-refractivity contribution in [2.75, 3.05) is 13.2 Å². The Morgan fingerprint density at radius 1 is 0.471 bits per heavy atom. The smallest absolute Gasteiger partial charge is 0.306 e. The number of carbonyl (C=O) groups is 2. The zero-order valence-electron chi connectivity index (χ0n) is 33.4. The molecular formula is C46H80O5. The third kappa shape index (κ3) is 40.2. The molecule has 0 saturated carbocycles. The van der Waals surface area contributed by atoms with Gasteiger partial charge in [-0.3, -0.25) is 9.59 Å². The largest absolute Gasteiger partial charge is 0.462 e. The Balaban J connectivity index is 3.45. The minimum Gasteiger partial charge on any atom is -0.462 e. The predicted octanol–water partition coefficient (Wildman–Crippen LogP) is 13.6. The van der Waals surface area contributed by atoms with Gasteiger partial charge < -0.3 is 14.6 Å². The lowest BCUT2D eigenvalue weighted by Gasteiger charge is -2.15. The number of allylic oxidation sites excluding steroid dienone is 10. The number of rotatable bonds is 38. The highest BCUT2D eigenvalue weighted by Crippen LogP contribution is 2.15. The van der Waals surface area contributed by atoms with Crippen molar-refractivity contribution >= 4 is 11.9 Å². The molecule has 0 saturated heterocycles. The fraction of sp³-hybridized carbons (Fsp3) is 0.739. The van der Waals surface area contributed by atoms with Gasteiger partial charge in [0.05, 0.1) is 6.61 Å². The third-order valence-corrected chi connectivity index (χ3v) is 9.08. The molecule has 1 atom stereocenters. The van der Waals surface area contributed by atoms with Crippen molar-refractivity contribution in [3.05, 3.63) is 60.8 Å². The van der Waals surface area contributed by atoms with E-state index in [1.807, 2.05) is 0 Å². The molecule has 0 aliphatic rings. The van der Waals surface area contributed by atoms with Gasteiger partial charge in [0.2, 0.25) is 0 Å². The Morgan fingerprint density at radius 3 is 1.27 bits per heavy atom. The molecule has 51 heavy (non-hydrogen) atoms. The molecule has 0 aromatic heterocycles. The van der Waals surface area contributed by atoms with Crippen LogP contribution in [0.4, 0.5) is 0 Å². The number of ether oxygens (including phenoxy) is 2. The normalized spacial score (nSPS) is 12.8. The van der Waals surface area contributed by atoms with Crippen molar-refractivity contribution in [1.82, 2.24) is 0 Å². The Kier molecular flexibility index (Phi) is 40.0. The second-order valence-electron chi connectivity index (χ2n) is 14.0. The van der Waals surface area contributed by atoms with Crippen molar-refractivity contribution in [2.24, 2.45) is 0 Å². The Hall–Kier alpha value is -2.40. The van der Waals surface area contributed by atoms with Gasteiger partial charge in [0.25, 0.3) is 0 Å². The fourth-order valence-corrected chi connectivity index (χ4v) is 5.87. The van der Waals surface area contributed by atoms with E-state index < -0.39 is 6.10 Å². The number of carbonyl (C=O) groups excluding carboxylic acids is 2. The Labute approximate surface area is 315 Å². The molecule has 0 radical (unpaired) electrons. The zero-order chi connectivity index (χ0) is 37.1. The van der Waals surface area contributed by atoms with Crippen LogP contribution in [-0.4, -0.2) is 36.4 Å². The van der Waals surface area contributed by atoms with Gasteiger partial charge in [-0.25, -0.2) is 0 Å². The number of hydrogen-bond donors (Lipinski definition) is 1. The van der Waals surface area contributed by atoms with Gasteiger partial charge >= 0.3 is 11.9 Å². The first-order valence-corrected chi connectivity index (χ1v) is 21.3. The minimum atomic E-state index is -0.767. The number of aliphatic hydroxyl groups is 1. The van der Waals surface area contributed by atoms with Gasteiger partial charge in [0.1, 0.15) is 6.61 Å². The van der Waals surface area contributed by atoms with Crippen LogP contribution in [0.5, 0.6) is 0 Å². The van der Waals surface area contributed by atoms with Crippen molar-refractivity contribution in [3.8, 4) is 0 Å². The average Bonchev–Trinajstić information content (AvgIpc) is 3.13. The maximum Gasteiger partial charge on any atom is 0.306 e. The molecule has 0 fully saturated rings. The average molecular weight is 713 g/mol. The van der Waals surface area contributed by atoms with Crippen molar-refractivity contribution < 1.29 is 24.2 Å². The molecule has 5 nitrogen and oxygen atoms in total. The Morgan fingerprint density at radius 2 is 0.843 bits per heavy atom. The molecule has 0 spiro atoms. The molecule has 1 unspecified atom stereocenters. The van der Waals surface area contributed by atoms with Crippen LogP contribution in [-0.2, 0) is 19.1 Å². The Bertz CT molecular complexity index is 899. The van der Waals surface area contributed by atoms with Crippen LogP contribution in [0, 0.1) is 0 Å². The van der Waals surface area contributed by atoms with Crippen molar-refractivity contribution in [3.63, 3.8) is 0 Å². The summed E-state index contributed by atoms with van der Waals surface area (Å²) in [7, 11) is 0. The summed E-state index contributed by atoms with van der Waals surface area (Å²) >= 11 is 0.